The summed E-state index contributed by atoms with van der Waals surface area (Å²) >= 11 is 0. The lowest BCUT2D eigenvalue weighted by molar-refractivity contribution is -0.146. The van der Waals surface area contributed by atoms with E-state index in [0.717, 1.165) is 0 Å². The van der Waals surface area contributed by atoms with E-state index in [1.807, 2.05) is 0 Å². The van der Waals surface area contributed by atoms with Crippen LogP contribution in [0.1, 0.15) is 12.8 Å². The fraction of sp³-hybridized carbons (Fsp3) is 0.778. The molecule has 1 rings (SSSR count). The smallest absolute Gasteiger partial charge is 0.334 e. The Morgan fingerprint density at radius 3 is 2.50 bits per heavy atom. The largest absolute Gasteiger partial charge is 0.479 e. The lowest BCUT2D eigenvalue weighted by atomic mass is 9.90. The zero-order valence-corrected chi connectivity index (χ0v) is 8.81. The first-order valence-electron chi connectivity index (χ1n) is 5.01. The molecule has 92 valence electrons. The first kappa shape index (κ1) is 12.9. The number of nitrogens with two attached hydrogens (primary N) is 1. The molecule has 16 heavy (non-hydrogen) atoms. The highest BCUT2D eigenvalue weighted by Crippen LogP contribution is 2.17. The fourth-order valence-electron chi connectivity index (χ4n) is 1.42. The van der Waals surface area contributed by atoms with Gasteiger partial charge >= 0.3 is 5.97 Å². The van der Waals surface area contributed by atoms with Crippen LogP contribution in [-0.4, -0.2) is 53.5 Å². The third-order valence-electron chi connectivity index (χ3n) is 2.58. The number of aliphatic hydroxyl groups excluding tert-OH is 1. The molecule has 1 atom stereocenters. The Morgan fingerprint density at radius 1 is 1.44 bits per heavy atom. The molecule has 1 aliphatic heterocycles. The van der Waals surface area contributed by atoms with Gasteiger partial charge in [-0.2, -0.15) is 0 Å². The van der Waals surface area contributed by atoms with E-state index in [9.17, 15) is 9.59 Å². The van der Waals surface area contributed by atoms with Crippen molar-refractivity contribution < 1.29 is 24.5 Å². The van der Waals surface area contributed by atoms with Crippen molar-refractivity contribution in [2.75, 3.05) is 19.8 Å². The number of nitrogens with one attached hydrogen (secondary N) is 1. The van der Waals surface area contributed by atoms with E-state index in [1.165, 1.54) is 0 Å². The second-order valence-corrected chi connectivity index (χ2v) is 3.83. The molecule has 0 aliphatic carbocycles. The summed E-state index contributed by atoms with van der Waals surface area (Å²) in [5, 5.41) is 19.7. The van der Waals surface area contributed by atoms with E-state index in [-0.39, 0.29) is 6.54 Å². The number of carboxylic acids is 1. The second kappa shape index (κ2) is 5.24. The van der Waals surface area contributed by atoms with Crippen LogP contribution in [-0.2, 0) is 14.3 Å². The predicted octanol–water partition coefficient (Wildman–Crippen LogP) is -1.94. The molecule has 1 saturated heterocycles. The molecule has 5 N–H and O–H groups in total. The first-order valence-corrected chi connectivity index (χ1v) is 5.01. The van der Waals surface area contributed by atoms with Crippen molar-refractivity contribution in [1.82, 2.24) is 5.32 Å². The van der Waals surface area contributed by atoms with Gasteiger partial charge < -0.3 is 26.0 Å². The highest BCUT2D eigenvalue weighted by molar-refractivity contribution is 5.86. The number of carbonyl (C=O) groups is 2. The van der Waals surface area contributed by atoms with Gasteiger partial charge in [0.25, 0.3) is 0 Å². The van der Waals surface area contributed by atoms with Crippen LogP contribution in [0.4, 0.5) is 0 Å². The Balaban J connectivity index is 2.42. The Kier molecular flexibility index (Phi) is 4.22. The fourth-order valence-corrected chi connectivity index (χ4v) is 1.42. The second-order valence-electron chi connectivity index (χ2n) is 3.83. The number of rotatable bonds is 4. The van der Waals surface area contributed by atoms with E-state index in [2.05, 4.69) is 5.32 Å². The molecule has 0 bridgehead atoms. The molecule has 0 aromatic rings. The number of aliphatic carboxylic acids is 1. The molecule has 1 amide bonds. The molecular formula is C9H16N2O5. The van der Waals surface area contributed by atoms with Crippen LogP contribution < -0.4 is 11.1 Å². The van der Waals surface area contributed by atoms with Crippen LogP contribution in [0, 0.1) is 0 Å². The minimum atomic E-state index is -1.60. The quantitative estimate of drug-likeness (QED) is 0.447. The highest BCUT2D eigenvalue weighted by Gasteiger charge is 2.36. The molecule has 0 spiro atoms. The van der Waals surface area contributed by atoms with Gasteiger partial charge in [-0.1, -0.05) is 0 Å². The molecular weight excluding hydrogens is 216 g/mol. The van der Waals surface area contributed by atoms with Crippen molar-refractivity contribution in [3.8, 4) is 0 Å². The number of carbonyl (C=O) groups excluding carboxylic acids is 1. The third kappa shape index (κ3) is 3.16. The minimum absolute atomic E-state index is 0.339. The van der Waals surface area contributed by atoms with Crippen LogP contribution in [0.2, 0.25) is 0 Å². The molecule has 0 aromatic carbocycles. The first-order chi connectivity index (χ1) is 7.46. The standard InChI is InChI=1S/C9H16N2O5/c10-9(1-3-16-4-2-9)8(15)11-5-6(12)7(13)14/h6,12H,1-5,10H2,(H,11,15)(H,13,14)/t6-/m0/s1. The zero-order valence-electron chi connectivity index (χ0n) is 8.81. The maximum Gasteiger partial charge on any atom is 0.334 e. The SMILES string of the molecule is NC1(C(=O)NC[C@H](O)C(=O)O)CCOCC1. The van der Waals surface area contributed by atoms with Crippen molar-refractivity contribution in [3.05, 3.63) is 0 Å². The number of hydrogen-bond acceptors (Lipinski definition) is 5. The summed E-state index contributed by atoms with van der Waals surface area (Å²) in [4.78, 5) is 22.0. The predicted molar refractivity (Wildman–Crippen MR) is 53.6 cm³/mol. The van der Waals surface area contributed by atoms with E-state index in [4.69, 9.17) is 20.7 Å². The number of aliphatic hydroxyl groups is 1. The average Bonchev–Trinajstić information content (AvgIpc) is 2.26. The van der Waals surface area contributed by atoms with E-state index in [1.54, 1.807) is 0 Å². The average molecular weight is 232 g/mol. The molecule has 1 fully saturated rings. The van der Waals surface area contributed by atoms with Gasteiger partial charge in [0.2, 0.25) is 5.91 Å². The van der Waals surface area contributed by atoms with Gasteiger partial charge in [0.15, 0.2) is 6.10 Å². The van der Waals surface area contributed by atoms with Gasteiger partial charge in [-0.25, -0.2) is 4.79 Å². The Bertz CT molecular complexity index is 275. The van der Waals surface area contributed by atoms with Crippen LogP contribution in [0.5, 0.6) is 0 Å². The van der Waals surface area contributed by atoms with Crippen LogP contribution in [0.3, 0.4) is 0 Å². The Morgan fingerprint density at radius 2 is 2.00 bits per heavy atom. The summed E-state index contributed by atoms with van der Waals surface area (Å²) in [6.45, 7) is 0.477. The molecule has 0 radical (unpaired) electrons. The maximum absolute atomic E-state index is 11.7. The monoisotopic (exact) mass is 232 g/mol. The van der Waals surface area contributed by atoms with Gasteiger partial charge in [0, 0.05) is 13.2 Å². The topological polar surface area (TPSA) is 122 Å². The van der Waals surface area contributed by atoms with Gasteiger partial charge in [-0.3, -0.25) is 4.79 Å². The van der Waals surface area contributed by atoms with Crippen molar-refractivity contribution in [2.24, 2.45) is 5.73 Å². The van der Waals surface area contributed by atoms with Crippen LogP contribution in [0.25, 0.3) is 0 Å². The van der Waals surface area contributed by atoms with Crippen LogP contribution in [0.15, 0.2) is 0 Å². The molecule has 1 aliphatic rings. The summed E-state index contributed by atoms with van der Waals surface area (Å²) in [7, 11) is 0. The van der Waals surface area contributed by atoms with Crippen molar-refractivity contribution in [1.29, 1.82) is 0 Å². The lowest BCUT2D eigenvalue weighted by Gasteiger charge is -2.31. The third-order valence-corrected chi connectivity index (χ3v) is 2.58. The normalized spacial score (nSPS) is 21.1. The molecule has 0 aromatic heterocycles. The molecule has 1 heterocycles. The Labute approximate surface area is 92.6 Å². The number of ether oxygens (including phenoxy) is 1. The van der Waals surface area contributed by atoms with Gasteiger partial charge in [0.05, 0.1) is 12.1 Å². The number of hydrogen-bond donors (Lipinski definition) is 4. The van der Waals surface area contributed by atoms with Gasteiger partial charge in [-0.15, -0.1) is 0 Å². The van der Waals surface area contributed by atoms with Crippen LogP contribution >= 0.6 is 0 Å². The summed E-state index contributed by atoms with van der Waals surface area (Å²) in [5.41, 5.74) is 4.83. The Hall–Kier alpha value is -1.18. The van der Waals surface area contributed by atoms with Crippen molar-refractivity contribution in [3.63, 3.8) is 0 Å². The molecule has 7 nitrogen and oxygen atoms in total. The lowest BCUT2D eigenvalue weighted by Crippen LogP contribution is -2.58. The molecule has 7 heteroatoms. The highest BCUT2D eigenvalue weighted by atomic mass is 16.5. The van der Waals surface area contributed by atoms with E-state index >= 15 is 0 Å². The summed E-state index contributed by atoms with van der Waals surface area (Å²) in [6, 6.07) is 0. The molecule has 0 unspecified atom stereocenters. The van der Waals surface area contributed by atoms with Crippen molar-refractivity contribution >= 4 is 11.9 Å². The molecule has 0 saturated carbocycles. The van der Waals surface area contributed by atoms with E-state index in [0.29, 0.717) is 26.1 Å². The van der Waals surface area contributed by atoms with Gasteiger partial charge in [-0.05, 0) is 12.8 Å². The van der Waals surface area contributed by atoms with Crippen molar-refractivity contribution in [2.45, 2.75) is 24.5 Å². The minimum Gasteiger partial charge on any atom is -0.479 e. The van der Waals surface area contributed by atoms with Gasteiger partial charge in [0.1, 0.15) is 0 Å². The number of amides is 1. The van der Waals surface area contributed by atoms with E-state index < -0.39 is 23.5 Å². The maximum atomic E-state index is 11.7. The zero-order chi connectivity index (χ0) is 12.2. The summed E-state index contributed by atoms with van der Waals surface area (Å²) in [6.07, 6.45) is -0.823. The summed E-state index contributed by atoms with van der Waals surface area (Å²) in [5.74, 6) is -1.82. The summed E-state index contributed by atoms with van der Waals surface area (Å²) < 4.78 is 5.08. The number of carboxylic acid groups (broad SMARTS) is 1.